The van der Waals surface area contributed by atoms with Crippen molar-refractivity contribution in [2.75, 3.05) is 0 Å². The van der Waals surface area contributed by atoms with Gasteiger partial charge in [0.2, 0.25) is 0 Å². The summed E-state index contributed by atoms with van der Waals surface area (Å²) >= 11 is 6.18. The van der Waals surface area contributed by atoms with Gasteiger partial charge in [0.25, 0.3) is 0 Å². The van der Waals surface area contributed by atoms with Crippen LogP contribution in [0.2, 0.25) is 5.02 Å². The molecule has 1 unspecified atom stereocenters. The maximum absolute atomic E-state index is 8.86. The first-order chi connectivity index (χ1) is 9.78. The monoisotopic (exact) mass is 283 g/mol. The molecule has 1 aliphatic rings. The first kappa shape index (κ1) is 13.0. The van der Waals surface area contributed by atoms with E-state index in [1.54, 1.807) is 18.2 Å². The van der Waals surface area contributed by atoms with Gasteiger partial charge in [0.05, 0.1) is 16.7 Å². The minimum absolute atomic E-state index is 0.0467. The fourth-order valence-electron chi connectivity index (χ4n) is 2.65. The van der Waals surface area contributed by atoms with E-state index in [4.69, 9.17) is 21.6 Å². The van der Waals surface area contributed by atoms with Gasteiger partial charge in [-0.25, -0.2) is 0 Å². The Balaban J connectivity index is 1.88. The molecule has 2 aromatic rings. The van der Waals surface area contributed by atoms with Crippen molar-refractivity contribution < 1.29 is 4.74 Å². The zero-order chi connectivity index (χ0) is 13.9. The molecule has 0 heterocycles. The van der Waals surface area contributed by atoms with Gasteiger partial charge < -0.3 is 4.74 Å². The Morgan fingerprint density at radius 2 is 2.05 bits per heavy atom. The Hall–Kier alpha value is -1.98. The molecule has 0 aromatic heterocycles. The molecule has 2 nitrogen and oxygen atoms in total. The highest BCUT2D eigenvalue weighted by molar-refractivity contribution is 6.32. The lowest BCUT2D eigenvalue weighted by molar-refractivity contribution is 0.183. The van der Waals surface area contributed by atoms with Crippen LogP contribution < -0.4 is 4.74 Å². The first-order valence-electron chi connectivity index (χ1n) is 6.72. The summed E-state index contributed by atoms with van der Waals surface area (Å²) in [4.78, 5) is 0. The number of halogens is 1. The van der Waals surface area contributed by atoms with E-state index in [0.717, 1.165) is 19.3 Å². The third-order valence-corrected chi connectivity index (χ3v) is 3.94. The van der Waals surface area contributed by atoms with E-state index in [1.165, 1.54) is 11.1 Å². The number of nitrogens with zero attached hydrogens (tertiary/aromatic N) is 1. The van der Waals surface area contributed by atoms with Crippen LogP contribution in [-0.2, 0) is 6.42 Å². The van der Waals surface area contributed by atoms with E-state index in [9.17, 15) is 0 Å². The lowest BCUT2D eigenvalue weighted by Crippen LogP contribution is -2.15. The normalized spacial score (nSPS) is 17.1. The predicted octanol–water partition coefficient (Wildman–Crippen LogP) is 4.67. The third-order valence-electron chi connectivity index (χ3n) is 3.64. The lowest BCUT2D eigenvalue weighted by atomic mass is 9.89. The maximum atomic E-state index is 8.86. The highest BCUT2D eigenvalue weighted by atomic mass is 35.5. The molecule has 0 aliphatic heterocycles. The van der Waals surface area contributed by atoms with E-state index in [2.05, 4.69) is 24.3 Å². The minimum Gasteiger partial charge on any atom is -0.484 e. The molecule has 1 aliphatic carbocycles. The maximum Gasteiger partial charge on any atom is 0.138 e. The average molecular weight is 284 g/mol. The Morgan fingerprint density at radius 3 is 2.85 bits per heavy atom. The van der Waals surface area contributed by atoms with Crippen molar-refractivity contribution in [1.82, 2.24) is 0 Å². The van der Waals surface area contributed by atoms with E-state index < -0.39 is 0 Å². The summed E-state index contributed by atoms with van der Waals surface area (Å²) in [6, 6.07) is 15.6. The number of fused-ring (bicyclic) bond motifs is 1. The topological polar surface area (TPSA) is 33.0 Å². The fraction of sp³-hybridized carbons (Fsp3) is 0.235. The van der Waals surface area contributed by atoms with Crippen molar-refractivity contribution in [3.63, 3.8) is 0 Å². The van der Waals surface area contributed by atoms with E-state index >= 15 is 0 Å². The summed E-state index contributed by atoms with van der Waals surface area (Å²) in [7, 11) is 0. The van der Waals surface area contributed by atoms with Crippen LogP contribution >= 0.6 is 11.6 Å². The minimum atomic E-state index is 0.0467. The summed E-state index contributed by atoms with van der Waals surface area (Å²) in [6.45, 7) is 0. The van der Waals surface area contributed by atoms with E-state index in [0.29, 0.717) is 16.3 Å². The summed E-state index contributed by atoms with van der Waals surface area (Å²) in [6.07, 6.45) is 3.27. The number of nitriles is 1. The van der Waals surface area contributed by atoms with Crippen molar-refractivity contribution >= 4 is 11.6 Å². The molecule has 0 saturated heterocycles. The Morgan fingerprint density at radius 1 is 1.20 bits per heavy atom. The van der Waals surface area contributed by atoms with Crippen molar-refractivity contribution in [2.45, 2.75) is 25.4 Å². The lowest BCUT2D eigenvalue weighted by Gasteiger charge is -2.26. The molecule has 3 rings (SSSR count). The van der Waals surface area contributed by atoms with Crippen LogP contribution in [0, 0.1) is 11.3 Å². The summed E-state index contributed by atoms with van der Waals surface area (Å²) in [5.41, 5.74) is 3.15. The number of aryl methyl sites for hydroxylation is 1. The average Bonchev–Trinajstić information content (AvgIpc) is 2.49. The van der Waals surface area contributed by atoms with Crippen LogP contribution in [0.4, 0.5) is 0 Å². The predicted molar refractivity (Wildman–Crippen MR) is 78.9 cm³/mol. The standard InChI is InChI=1S/C17H14ClNO/c18-15-10-12(11-19)8-9-17(15)20-16-7-3-5-13-4-1-2-6-14(13)16/h1-2,4,6,8-10,16H,3,5,7H2. The molecular weight excluding hydrogens is 270 g/mol. The van der Waals surface area contributed by atoms with Crippen LogP contribution in [0.3, 0.4) is 0 Å². The molecule has 0 fully saturated rings. The number of hydrogen-bond acceptors (Lipinski definition) is 2. The van der Waals surface area contributed by atoms with Gasteiger partial charge in [-0.1, -0.05) is 35.9 Å². The molecule has 0 N–H and O–H groups in total. The van der Waals surface area contributed by atoms with Gasteiger partial charge in [0.1, 0.15) is 11.9 Å². The second-order valence-electron chi connectivity index (χ2n) is 4.95. The molecule has 20 heavy (non-hydrogen) atoms. The third kappa shape index (κ3) is 2.50. The van der Waals surface area contributed by atoms with Gasteiger partial charge in [0.15, 0.2) is 0 Å². The second kappa shape index (κ2) is 5.56. The molecule has 0 bridgehead atoms. The van der Waals surface area contributed by atoms with Crippen LogP contribution in [0.5, 0.6) is 5.75 Å². The van der Waals surface area contributed by atoms with Gasteiger partial charge in [0, 0.05) is 0 Å². The number of rotatable bonds is 2. The Kier molecular flexibility index (Phi) is 3.62. The van der Waals surface area contributed by atoms with Gasteiger partial charge >= 0.3 is 0 Å². The Bertz CT molecular complexity index is 675. The zero-order valence-corrected chi connectivity index (χ0v) is 11.7. The van der Waals surface area contributed by atoms with Crippen LogP contribution in [-0.4, -0.2) is 0 Å². The van der Waals surface area contributed by atoms with Gasteiger partial charge in [-0.3, -0.25) is 0 Å². The van der Waals surface area contributed by atoms with Crippen molar-refractivity contribution in [1.29, 1.82) is 5.26 Å². The highest BCUT2D eigenvalue weighted by Gasteiger charge is 2.22. The first-order valence-corrected chi connectivity index (χ1v) is 7.10. The highest BCUT2D eigenvalue weighted by Crippen LogP contribution is 2.36. The number of benzene rings is 2. The van der Waals surface area contributed by atoms with Crippen molar-refractivity contribution in [3.05, 3.63) is 64.2 Å². The molecule has 0 saturated carbocycles. The van der Waals surface area contributed by atoms with Gasteiger partial charge in [-0.2, -0.15) is 5.26 Å². The SMILES string of the molecule is N#Cc1ccc(OC2CCCc3ccccc32)c(Cl)c1. The van der Waals surface area contributed by atoms with Gasteiger partial charge in [-0.05, 0) is 48.6 Å². The summed E-state index contributed by atoms with van der Waals surface area (Å²) < 4.78 is 6.07. The van der Waals surface area contributed by atoms with E-state index in [-0.39, 0.29) is 6.10 Å². The summed E-state index contributed by atoms with van der Waals surface area (Å²) in [5.74, 6) is 0.646. The van der Waals surface area contributed by atoms with Crippen molar-refractivity contribution in [2.24, 2.45) is 0 Å². The van der Waals surface area contributed by atoms with Gasteiger partial charge in [-0.15, -0.1) is 0 Å². The smallest absolute Gasteiger partial charge is 0.138 e. The quantitative estimate of drug-likeness (QED) is 0.802. The molecule has 100 valence electrons. The largest absolute Gasteiger partial charge is 0.484 e. The van der Waals surface area contributed by atoms with Crippen LogP contribution in [0.25, 0.3) is 0 Å². The fourth-order valence-corrected chi connectivity index (χ4v) is 2.88. The molecule has 3 heteroatoms. The molecule has 2 aromatic carbocycles. The molecule has 0 amide bonds. The van der Waals surface area contributed by atoms with Crippen LogP contribution in [0.1, 0.15) is 35.6 Å². The number of hydrogen-bond donors (Lipinski definition) is 0. The number of ether oxygens (including phenoxy) is 1. The molecule has 0 radical (unpaired) electrons. The Labute approximate surface area is 123 Å². The molecular formula is C17H14ClNO. The zero-order valence-electron chi connectivity index (χ0n) is 11.0. The molecule has 0 spiro atoms. The van der Waals surface area contributed by atoms with Crippen molar-refractivity contribution in [3.8, 4) is 11.8 Å². The molecule has 1 atom stereocenters. The second-order valence-corrected chi connectivity index (χ2v) is 5.36. The summed E-state index contributed by atoms with van der Waals surface area (Å²) in [5, 5.41) is 9.35. The van der Waals surface area contributed by atoms with E-state index in [1.807, 2.05) is 6.07 Å². The van der Waals surface area contributed by atoms with Crippen LogP contribution in [0.15, 0.2) is 42.5 Å².